The van der Waals surface area contributed by atoms with Gasteiger partial charge < -0.3 is 10.4 Å². The highest BCUT2D eigenvalue weighted by atomic mass is 16.4. The van der Waals surface area contributed by atoms with Crippen LogP contribution in [-0.2, 0) is 9.59 Å². The topological polar surface area (TPSA) is 87.5 Å². The molecule has 1 saturated carbocycles. The fourth-order valence-corrected chi connectivity index (χ4v) is 3.40. The zero-order valence-corrected chi connectivity index (χ0v) is 14.5. The number of carboxylic acids is 1. The lowest BCUT2D eigenvalue weighted by Gasteiger charge is -2.15. The molecule has 2 aromatic rings. The molecule has 0 spiro atoms. The highest BCUT2D eigenvalue weighted by Crippen LogP contribution is 2.40. The number of carbonyl (C=O) groups is 2. The van der Waals surface area contributed by atoms with E-state index in [1.54, 1.807) is 4.68 Å². The fourth-order valence-electron chi connectivity index (χ4n) is 3.40. The third kappa shape index (κ3) is 3.62. The van der Waals surface area contributed by atoms with E-state index in [-0.39, 0.29) is 18.4 Å². The van der Waals surface area contributed by atoms with Crippen LogP contribution in [0.3, 0.4) is 0 Å². The normalized spacial score (nSPS) is 20.2. The van der Waals surface area contributed by atoms with Crippen LogP contribution in [0.5, 0.6) is 0 Å². The van der Waals surface area contributed by atoms with E-state index in [0.29, 0.717) is 31.2 Å². The molecule has 7 nitrogen and oxygen atoms in total. The predicted molar refractivity (Wildman–Crippen MR) is 96.4 cm³/mol. The van der Waals surface area contributed by atoms with E-state index in [2.05, 4.69) is 10.4 Å². The summed E-state index contributed by atoms with van der Waals surface area (Å²) in [5.41, 5.74) is 1.91. The van der Waals surface area contributed by atoms with Gasteiger partial charge in [-0.2, -0.15) is 5.10 Å². The van der Waals surface area contributed by atoms with E-state index in [9.17, 15) is 9.59 Å². The van der Waals surface area contributed by atoms with Gasteiger partial charge in [0.05, 0.1) is 23.8 Å². The number of aromatic nitrogens is 2. The second-order valence-corrected chi connectivity index (χ2v) is 7.08. The Morgan fingerprint density at radius 2 is 1.96 bits per heavy atom. The molecule has 2 heterocycles. The zero-order valence-electron chi connectivity index (χ0n) is 14.5. The first kappa shape index (κ1) is 16.8. The average molecular weight is 354 g/mol. The molecule has 0 bridgehead atoms. The van der Waals surface area contributed by atoms with Gasteiger partial charge in [-0.05, 0) is 37.9 Å². The lowest BCUT2D eigenvalue weighted by molar-refractivity contribution is -0.141. The summed E-state index contributed by atoms with van der Waals surface area (Å²) in [6, 6.07) is 11.7. The van der Waals surface area contributed by atoms with E-state index in [1.165, 1.54) is 0 Å². The van der Waals surface area contributed by atoms with Gasteiger partial charge >= 0.3 is 5.97 Å². The molecule has 1 amide bonds. The second kappa shape index (κ2) is 6.92. The number of nitrogens with zero attached hydrogens (tertiary/aromatic N) is 3. The molecule has 1 aliphatic carbocycles. The van der Waals surface area contributed by atoms with Crippen LogP contribution >= 0.6 is 0 Å². The van der Waals surface area contributed by atoms with Gasteiger partial charge in [-0.3, -0.25) is 14.5 Å². The van der Waals surface area contributed by atoms with Crippen molar-refractivity contribution in [2.45, 2.75) is 25.2 Å². The SMILES string of the molecule is O=C(CN1CCC(C(=O)O)C1)Nc1cc(C2CC2)nn1-c1ccccc1. The van der Waals surface area contributed by atoms with Crippen molar-refractivity contribution >= 4 is 17.7 Å². The van der Waals surface area contributed by atoms with Crippen molar-refractivity contribution < 1.29 is 14.7 Å². The third-order valence-corrected chi connectivity index (χ3v) is 4.98. The van der Waals surface area contributed by atoms with Crippen molar-refractivity contribution in [2.75, 3.05) is 25.0 Å². The molecular formula is C19H22N4O3. The molecule has 4 rings (SSSR count). The Balaban J connectivity index is 1.47. The van der Waals surface area contributed by atoms with Gasteiger partial charge in [-0.25, -0.2) is 4.68 Å². The van der Waals surface area contributed by atoms with Crippen LogP contribution in [0.15, 0.2) is 36.4 Å². The van der Waals surface area contributed by atoms with Gasteiger partial charge in [0.15, 0.2) is 0 Å². The van der Waals surface area contributed by atoms with Crippen molar-refractivity contribution in [3.8, 4) is 5.69 Å². The van der Waals surface area contributed by atoms with Crippen molar-refractivity contribution in [2.24, 2.45) is 5.92 Å². The van der Waals surface area contributed by atoms with Crippen LogP contribution in [0.2, 0.25) is 0 Å². The van der Waals surface area contributed by atoms with Crippen molar-refractivity contribution in [1.29, 1.82) is 0 Å². The third-order valence-electron chi connectivity index (χ3n) is 4.98. The first-order chi connectivity index (χ1) is 12.6. The molecule has 1 aliphatic heterocycles. The minimum Gasteiger partial charge on any atom is -0.481 e. The average Bonchev–Trinajstić information content (AvgIpc) is 3.23. The van der Waals surface area contributed by atoms with Crippen molar-refractivity contribution in [1.82, 2.24) is 14.7 Å². The Morgan fingerprint density at radius 1 is 1.19 bits per heavy atom. The quantitative estimate of drug-likeness (QED) is 0.829. The first-order valence-electron chi connectivity index (χ1n) is 9.00. The molecule has 1 saturated heterocycles. The van der Waals surface area contributed by atoms with Gasteiger partial charge in [0.25, 0.3) is 0 Å². The van der Waals surface area contributed by atoms with Crippen LogP contribution in [0.4, 0.5) is 5.82 Å². The predicted octanol–water partition coefficient (Wildman–Crippen LogP) is 2.09. The van der Waals surface area contributed by atoms with Crippen LogP contribution in [0.1, 0.15) is 30.9 Å². The maximum absolute atomic E-state index is 12.5. The first-order valence-corrected chi connectivity index (χ1v) is 9.00. The minimum atomic E-state index is -0.788. The summed E-state index contributed by atoms with van der Waals surface area (Å²) in [6.07, 6.45) is 2.88. The number of carbonyl (C=O) groups excluding carboxylic acids is 1. The molecule has 136 valence electrons. The van der Waals surface area contributed by atoms with Crippen LogP contribution in [0, 0.1) is 5.92 Å². The Kier molecular flexibility index (Phi) is 4.46. The van der Waals surface area contributed by atoms with Gasteiger partial charge in [0.2, 0.25) is 5.91 Å². The van der Waals surface area contributed by atoms with E-state index < -0.39 is 5.97 Å². The highest BCUT2D eigenvalue weighted by Gasteiger charge is 2.30. The molecular weight excluding hydrogens is 332 g/mol. The molecule has 26 heavy (non-hydrogen) atoms. The van der Waals surface area contributed by atoms with Crippen LogP contribution in [-0.4, -0.2) is 51.3 Å². The number of likely N-dealkylation sites (tertiary alicyclic amines) is 1. The molecule has 1 aromatic carbocycles. The lowest BCUT2D eigenvalue weighted by atomic mass is 10.1. The maximum Gasteiger partial charge on any atom is 0.307 e. The summed E-state index contributed by atoms with van der Waals surface area (Å²) < 4.78 is 1.77. The van der Waals surface area contributed by atoms with Gasteiger partial charge in [-0.1, -0.05) is 18.2 Å². The number of amides is 1. The number of carboxylic acid groups (broad SMARTS) is 1. The zero-order chi connectivity index (χ0) is 18.1. The summed E-state index contributed by atoms with van der Waals surface area (Å²) in [4.78, 5) is 25.4. The second-order valence-electron chi connectivity index (χ2n) is 7.08. The van der Waals surface area contributed by atoms with E-state index in [1.807, 2.05) is 41.3 Å². The largest absolute Gasteiger partial charge is 0.481 e. The number of nitrogens with one attached hydrogen (secondary N) is 1. The Labute approximate surface area is 151 Å². The number of anilines is 1. The summed E-state index contributed by atoms with van der Waals surface area (Å²) in [7, 11) is 0. The standard InChI is InChI=1S/C19H22N4O3/c24-18(12-22-9-8-14(11-22)19(25)26)20-17-10-16(13-6-7-13)21-23(17)15-4-2-1-3-5-15/h1-5,10,13-14H,6-9,11-12H2,(H,20,24)(H,25,26). The van der Waals surface area contributed by atoms with E-state index in [0.717, 1.165) is 24.2 Å². The van der Waals surface area contributed by atoms with Gasteiger partial charge in [0, 0.05) is 18.5 Å². The summed E-state index contributed by atoms with van der Waals surface area (Å²) >= 11 is 0. The number of hydrogen-bond acceptors (Lipinski definition) is 4. The Morgan fingerprint density at radius 3 is 2.62 bits per heavy atom. The molecule has 1 aromatic heterocycles. The van der Waals surface area contributed by atoms with E-state index >= 15 is 0 Å². The van der Waals surface area contributed by atoms with Gasteiger partial charge in [-0.15, -0.1) is 0 Å². The fraction of sp³-hybridized carbons (Fsp3) is 0.421. The molecule has 7 heteroatoms. The van der Waals surface area contributed by atoms with E-state index in [4.69, 9.17) is 5.11 Å². The Hall–Kier alpha value is -2.67. The Bertz CT molecular complexity index is 813. The number of rotatable bonds is 6. The monoisotopic (exact) mass is 354 g/mol. The number of para-hydroxylation sites is 1. The molecule has 2 N–H and O–H groups in total. The summed E-state index contributed by atoms with van der Waals surface area (Å²) in [6.45, 7) is 1.26. The highest BCUT2D eigenvalue weighted by molar-refractivity contribution is 5.92. The van der Waals surface area contributed by atoms with Gasteiger partial charge in [0.1, 0.15) is 5.82 Å². The lowest BCUT2D eigenvalue weighted by Crippen LogP contribution is -2.32. The smallest absolute Gasteiger partial charge is 0.307 e. The molecule has 1 atom stereocenters. The number of aliphatic carboxylic acids is 1. The summed E-state index contributed by atoms with van der Waals surface area (Å²) in [5.74, 6) is -0.152. The summed E-state index contributed by atoms with van der Waals surface area (Å²) in [5, 5.41) is 16.7. The molecule has 2 fully saturated rings. The van der Waals surface area contributed by atoms with Crippen LogP contribution < -0.4 is 5.32 Å². The van der Waals surface area contributed by atoms with Crippen molar-refractivity contribution in [3.63, 3.8) is 0 Å². The molecule has 0 radical (unpaired) electrons. The maximum atomic E-state index is 12.5. The number of hydrogen-bond donors (Lipinski definition) is 2. The van der Waals surface area contributed by atoms with Crippen LogP contribution in [0.25, 0.3) is 5.69 Å². The molecule has 1 unspecified atom stereocenters. The minimum absolute atomic E-state index is 0.143. The van der Waals surface area contributed by atoms with Crippen molar-refractivity contribution in [3.05, 3.63) is 42.1 Å². The molecule has 2 aliphatic rings. The number of benzene rings is 1.